The Morgan fingerprint density at radius 1 is 1.60 bits per heavy atom. The second-order valence-electron chi connectivity index (χ2n) is 2.82. The van der Waals surface area contributed by atoms with Crippen LogP contribution in [0.1, 0.15) is 12.4 Å². The first kappa shape index (κ1) is 4.34. The number of likely N-dealkylation sites (N-methyl/N-ethyl adjacent to an activating group) is 1. The Balaban J connectivity index is 4.97. The molecule has 0 aliphatic carbocycles. The van der Waals surface area contributed by atoms with Crippen LogP contribution in [0.5, 0.6) is 0 Å². The second kappa shape index (κ2) is 3.56. The number of esters is 1. The molecule has 0 bridgehead atoms. The van der Waals surface area contributed by atoms with Crippen LogP contribution in [-0.2, 0) is 9.53 Å². The Hall–Kier alpha value is -0.570. The highest BCUT2D eigenvalue weighted by Crippen LogP contribution is 1.88. The topological polar surface area (TPSA) is 26.3 Å². The number of hydrogen-bond acceptors (Lipinski definition) is 2. The van der Waals surface area contributed by atoms with Crippen molar-refractivity contribution in [3.63, 3.8) is 0 Å². The van der Waals surface area contributed by atoms with Crippen LogP contribution in [0.25, 0.3) is 0 Å². The van der Waals surface area contributed by atoms with Crippen molar-refractivity contribution in [1.29, 1.82) is 0 Å². The number of carbonyl (C=O) groups is 1. The minimum Gasteiger partial charge on any atom is -0.460 e. The van der Waals surface area contributed by atoms with Crippen molar-refractivity contribution in [2.45, 2.75) is 6.92 Å². The number of ether oxygens (including phenoxy) is 1. The van der Waals surface area contributed by atoms with E-state index >= 15 is 0 Å². The van der Waals surface area contributed by atoms with Crippen molar-refractivity contribution in [3.05, 3.63) is 0 Å². The third kappa shape index (κ3) is 7.43. The van der Waals surface area contributed by atoms with Gasteiger partial charge in [-0.1, -0.05) is 0 Å². The van der Waals surface area contributed by atoms with Crippen LogP contribution >= 0.6 is 0 Å². The number of rotatable bonds is 3. The van der Waals surface area contributed by atoms with Crippen LogP contribution in [-0.4, -0.2) is 44.7 Å². The van der Waals surface area contributed by atoms with E-state index in [1.165, 1.54) is 21.1 Å². The first-order valence-corrected chi connectivity index (χ1v) is 2.93. The van der Waals surface area contributed by atoms with Gasteiger partial charge >= 0.3 is 5.97 Å². The van der Waals surface area contributed by atoms with Gasteiger partial charge in [0.1, 0.15) is 13.1 Å². The summed E-state index contributed by atoms with van der Waals surface area (Å²) in [5, 5.41) is 0. The van der Waals surface area contributed by atoms with Crippen molar-refractivity contribution < 1.29 is 19.5 Å². The molecule has 0 N–H and O–H groups in total. The first-order valence-electron chi connectivity index (χ1n) is 4.93. The van der Waals surface area contributed by atoms with Gasteiger partial charge in [0.25, 0.3) is 0 Å². The average Bonchev–Trinajstić information content (AvgIpc) is 1.80. The lowest BCUT2D eigenvalue weighted by molar-refractivity contribution is -0.870. The molecule has 0 aliphatic rings. The van der Waals surface area contributed by atoms with Crippen LogP contribution in [0.3, 0.4) is 0 Å². The van der Waals surface area contributed by atoms with E-state index in [0.29, 0.717) is 0 Å². The zero-order valence-electron chi connectivity index (χ0n) is 10.8. The van der Waals surface area contributed by atoms with Crippen LogP contribution in [0.4, 0.5) is 0 Å². The molecule has 0 unspecified atom stereocenters. The van der Waals surface area contributed by atoms with E-state index in [-0.39, 0.29) is 4.48 Å². The fourth-order valence-corrected chi connectivity index (χ4v) is 0.232. The van der Waals surface area contributed by atoms with Crippen molar-refractivity contribution in [2.75, 3.05) is 34.2 Å². The van der Waals surface area contributed by atoms with Crippen LogP contribution < -0.4 is 0 Å². The zero-order valence-corrected chi connectivity index (χ0v) is 6.76. The van der Waals surface area contributed by atoms with Gasteiger partial charge in [-0.3, -0.25) is 4.79 Å². The van der Waals surface area contributed by atoms with Crippen molar-refractivity contribution in [3.8, 4) is 0 Å². The van der Waals surface area contributed by atoms with Gasteiger partial charge in [-0.25, -0.2) is 0 Å². The Morgan fingerprint density at radius 3 is 2.40 bits per heavy atom. The molecule has 0 aromatic rings. The van der Waals surface area contributed by atoms with Gasteiger partial charge in [0.2, 0.25) is 0 Å². The Bertz CT molecular complexity index is 234. The summed E-state index contributed by atoms with van der Waals surface area (Å²) in [4.78, 5) is 10.6. The summed E-state index contributed by atoms with van der Waals surface area (Å²) in [6, 6.07) is 0. The Labute approximate surface area is 67.8 Å². The fraction of sp³-hybridized carbons (Fsp3) is 0.857. The highest BCUT2D eigenvalue weighted by molar-refractivity contribution is 5.65. The summed E-state index contributed by atoms with van der Waals surface area (Å²) < 4.78 is 33.9. The predicted octanol–water partition coefficient (Wildman–Crippen LogP) is 0.256. The normalized spacial score (nSPS) is 20.0. The second-order valence-corrected chi connectivity index (χ2v) is 2.82. The van der Waals surface area contributed by atoms with E-state index in [1.807, 2.05) is 0 Å². The maximum Gasteiger partial charge on any atom is 0.302 e. The highest BCUT2D eigenvalue weighted by Gasteiger charge is 2.06. The van der Waals surface area contributed by atoms with Crippen LogP contribution in [0.15, 0.2) is 0 Å². The third-order valence-electron chi connectivity index (χ3n) is 0.576. The zero-order chi connectivity index (χ0) is 11.8. The lowest BCUT2D eigenvalue weighted by Gasteiger charge is -2.23. The fourth-order valence-electron chi connectivity index (χ4n) is 0.232. The molecular formula is C7H16NO2+. The van der Waals surface area contributed by atoms with Gasteiger partial charge in [0, 0.05) is 6.92 Å². The summed E-state index contributed by atoms with van der Waals surface area (Å²) >= 11 is 0. The SMILES string of the molecule is [2H]C([2H])([13C]([2H])([2H])OC(C)=O)[N+](C)(C)C. The molecule has 0 aromatic heterocycles. The standard InChI is InChI=1S/C7H16NO2/c1-7(9)10-6-5-8(2,3)4/h5-6H2,1-4H3/q+1/i5D2,6+1D2. The molecular weight excluding hydrogens is 131 g/mol. The smallest absolute Gasteiger partial charge is 0.302 e. The highest BCUT2D eigenvalue weighted by atomic mass is 16.6. The molecule has 3 heteroatoms. The van der Waals surface area contributed by atoms with Gasteiger partial charge in [-0.05, 0) is 0 Å². The van der Waals surface area contributed by atoms with Crippen molar-refractivity contribution in [1.82, 2.24) is 0 Å². The van der Waals surface area contributed by atoms with E-state index < -0.39 is 19.0 Å². The Kier molecular flexibility index (Phi) is 1.55. The average molecular weight is 151 g/mol. The van der Waals surface area contributed by atoms with Crippen molar-refractivity contribution >= 4 is 5.97 Å². The summed E-state index contributed by atoms with van der Waals surface area (Å²) in [5.74, 6) is -0.840. The summed E-state index contributed by atoms with van der Waals surface area (Å²) in [6.07, 6.45) is 0. The lowest BCUT2D eigenvalue weighted by Crippen LogP contribution is -2.37. The maximum absolute atomic E-state index is 10.6. The first-order chi connectivity index (χ1) is 5.92. The molecule has 0 rings (SSSR count). The van der Waals surface area contributed by atoms with Crippen LogP contribution in [0, 0.1) is 0 Å². The third-order valence-corrected chi connectivity index (χ3v) is 0.576. The minimum absolute atomic E-state index is 0.298. The molecule has 0 saturated heterocycles. The van der Waals surface area contributed by atoms with Gasteiger partial charge in [0.15, 0.2) is 0 Å². The number of nitrogens with zero attached hydrogens (tertiary/aromatic N) is 1. The molecule has 0 atom stereocenters. The molecule has 0 saturated carbocycles. The van der Waals surface area contributed by atoms with Crippen LogP contribution in [0.2, 0.25) is 0 Å². The maximum atomic E-state index is 10.6. The monoisotopic (exact) mass is 151 g/mol. The molecule has 0 fully saturated rings. The van der Waals surface area contributed by atoms with E-state index in [2.05, 4.69) is 4.74 Å². The predicted molar refractivity (Wildman–Crippen MR) is 39.5 cm³/mol. The molecule has 0 heterocycles. The van der Waals surface area contributed by atoms with Gasteiger partial charge < -0.3 is 9.22 Å². The molecule has 0 radical (unpaired) electrons. The van der Waals surface area contributed by atoms with Crippen molar-refractivity contribution in [2.24, 2.45) is 0 Å². The van der Waals surface area contributed by atoms with E-state index in [4.69, 9.17) is 5.48 Å². The molecule has 0 amide bonds. The number of hydrogen-bond donors (Lipinski definition) is 0. The number of carbonyl (C=O) groups excluding carboxylic acids is 1. The summed E-state index contributed by atoms with van der Waals surface area (Å²) in [6.45, 7) is -3.90. The van der Waals surface area contributed by atoms with E-state index in [0.717, 1.165) is 6.92 Å². The van der Waals surface area contributed by atoms with Gasteiger partial charge in [0.05, 0.1) is 26.6 Å². The largest absolute Gasteiger partial charge is 0.460 e. The summed E-state index contributed by atoms with van der Waals surface area (Å²) in [7, 11) is 4.46. The van der Waals surface area contributed by atoms with E-state index in [9.17, 15) is 4.79 Å². The molecule has 3 nitrogen and oxygen atoms in total. The van der Waals surface area contributed by atoms with E-state index in [1.54, 1.807) is 0 Å². The molecule has 10 heavy (non-hydrogen) atoms. The quantitative estimate of drug-likeness (QED) is 0.328. The Morgan fingerprint density at radius 2 is 2.10 bits per heavy atom. The minimum atomic E-state index is -2.64. The lowest BCUT2D eigenvalue weighted by atomic mass is 10.7. The molecule has 0 aliphatic heterocycles. The molecule has 0 aromatic carbocycles. The van der Waals surface area contributed by atoms with Gasteiger partial charge in [-0.2, -0.15) is 0 Å². The van der Waals surface area contributed by atoms with Gasteiger partial charge in [-0.15, -0.1) is 0 Å². The number of quaternary nitrogens is 1. The molecule has 60 valence electrons. The molecule has 0 spiro atoms. The summed E-state index contributed by atoms with van der Waals surface area (Å²) in [5.41, 5.74) is 0.